The largest absolute Gasteiger partial charge is 0.312 e. The van der Waals surface area contributed by atoms with Gasteiger partial charge in [-0.25, -0.2) is 4.68 Å². The Balaban J connectivity index is 1.57. The van der Waals surface area contributed by atoms with Gasteiger partial charge in [-0.1, -0.05) is 18.2 Å². The number of thioether (sulfide) groups is 1. The molecule has 1 N–H and O–H groups in total. The molecule has 5 heteroatoms. The molecule has 1 atom stereocenters. The van der Waals surface area contributed by atoms with E-state index in [1.54, 1.807) is 10.7 Å². The van der Waals surface area contributed by atoms with E-state index in [1.165, 1.54) is 10.5 Å². The molecule has 2 aliphatic rings. The number of hydrogen-bond acceptors (Lipinski definition) is 4. The molecule has 0 aliphatic carbocycles. The van der Waals surface area contributed by atoms with Crippen LogP contribution in [0.2, 0.25) is 0 Å². The van der Waals surface area contributed by atoms with Gasteiger partial charge in [0.1, 0.15) is 0 Å². The fraction of sp³-hybridized carbons (Fsp3) is 0.375. The van der Waals surface area contributed by atoms with Crippen molar-refractivity contribution >= 4 is 11.8 Å². The Morgan fingerprint density at radius 2 is 2.24 bits per heavy atom. The molecule has 0 fully saturated rings. The van der Waals surface area contributed by atoms with Crippen molar-refractivity contribution in [3.8, 4) is 0 Å². The third-order valence-corrected chi connectivity index (χ3v) is 5.41. The fourth-order valence-electron chi connectivity index (χ4n) is 3.04. The van der Waals surface area contributed by atoms with Gasteiger partial charge in [0.05, 0.1) is 12.2 Å². The van der Waals surface area contributed by atoms with Crippen molar-refractivity contribution < 1.29 is 0 Å². The van der Waals surface area contributed by atoms with Gasteiger partial charge in [-0.3, -0.25) is 4.79 Å². The van der Waals surface area contributed by atoms with Crippen molar-refractivity contribution in [2.24, 2.45) is 0 Å². The first kappa shape index (κ1) is 13.1. The Morgan fingerprint density at radius 3 is 3.14 bits per heavy atom. The van der Waals surface area contributed by atoms with Gasteiger partial charge < -0.3 is 5.32 Å². The Bertz CT molecular complexity index is 716. The van der Waals surface area contributed by atoms with Gasteiger partial charge in [-0.2, -0.15) is 5.10 Å². The van der Waals surface area contributed by atoms with Crippen LogP contribution in [-0.2, 0) is 25.9 Å². The molecule has 108 valence electrons. The molecule has 1 aromatic heterocycles. The second-order valence-corrected chi connectivity index (χ2v) is 6.96. The van der Waals surface area contributed by atoms with Gasteiger partial charge in [-0.15, -0.1) is 11.8 Å². The average molecular weight is 299 g/mol. The Kier molecular flexibility index (Phi) is 3.31. The summed E-state index contributed by atoms with van der Waals surface area (Å²) in [6, 6.07) is 10.2. The highest BCUT2D eigenvalue weighted by Crippen LogP contribution is 2.37. The van der Waals surface area contributed by atoms with E-state index >= 15 is 0 Å². The first-order valence-corrected chi connectivity index (χ1v) is 8.23. The number of rotatable bonds is 2. The Morgan fingerprint density at radius 1 is 1.33 bits per heavy atom. The second-order valence-electron chi connectivity index (χ2n) is 5.62. The molecule has 0 saturated carbocycles. The molecule has 2 aromatic rings. The highest BCUT2D eigenvalue weighted by atomic mass is 32.2. The van der Waals surface area contributed by atoms with Crippen LogP contribution >= 0.6 is 11.8 Å². The lowest BCUT2D eigenvalue weighted by Gasteiger charge is -2.18. The van der Waals surface area contributed by atoms with Crippen molar-refractivity contribution in [1.29, 1.82) is 0 Å². The van der Waals surface area contributed by atoms with Crippen LogP contribution in [0.4, 0.5) is 0 Å². The minimum absolute atomic E-state index is 0.0222. The topological polar surface area (TPSA) is 46.9 Å². The average Bonchev–Trinajstić information content (AvgIpc) is 2.90. The summed E-state index contributed by atoms with van der Waals surface area (Å²) in [6.07, 6.45) is 1.93. The molecule has 21 heavy (non-hydrogen) atoms. The monoisotopic (exact) mass is 299 g/mol. The Hall–Kier alpha value is -1.59. The number of aromatic nitrogens is 2. The zero-order valence-electron chi connectivity index (χ0n) is 11.7. The number of nitrogens with one attached hydrogen (secondary N) is 1. The smallest absolute Gasteiger partial charge is 0.267 e. The maximum Gasteiger partial charge on any atom is 0.267 e. The molecule has 0 bridgehead atoms. The first-order valence-electron chi connectivity index (χ1n) is 7.35. The minimum atomic E-state index is 0.0222. The molecule has 3 heterocycles. The predicted molar refractivity (Wildman–Crippen MR) is 83.7 cm³/mol. The third-order valence-electron chi connectivity index (χ3n) is 4.11. The zero-order valence-corrected chi connectivity index (χ0v) is 12.5. The van der Waals surface area contributed by atoms with Gasteiger partial charge in [0.25, 0.3) is 5.56 Å². The molecule has 0 radical (unpaired) electrons. The highest BCUT2D eigenvalue weighted by molar-refractivity contribution is 8.00. The zero-order chi connectivity index (χ0) is 14.2. The van der Waals surface area contributed by atoms with E-state index < -0.39 is 0 Å². The minimum Gasteiger partial charge on any atom is -0.312 e. The van der Waals surface area contributed by atoms with E-state index in [2.05, 4.69) is 34.7 Å². The van der Waals surface area contributed by atoms with Crippen LogP contribution < -0.4 is 10.9 Å². The van der Waals surface area contributed by atoms with Gasteiger partial charge >= 0.3 is 0 Å². The summed E-state index contributed by atoms with van der Waals surface area (Å²) in [5.41, 5.74) is 3.55. The number of benzene rings is 1. The summed E-state index contributed by atoms with van der Waals surface area (Å²) in [4.78, 5) is 13.6. The summed E-state index contributed by atoms with van der Waals surface area (Å²) in [5, 5.41) is 8.28. The first-order chi connectivity index (χ1) is 10.3. The highest BCUT2D eigenvalue weighted by Gasteiger charge is 2.23. The number of nitrogens with zero attached hydrogens (tertiary/aromatic N) is 2. The second kappa shape index (κ2) is 5.31. The molecule has 1 unspecified atom stereocenters. The molecular formula is C16H17N3OS. The van der Waals surface area contributed by atoms with Crippen molar-refractivity contribution in [2.75, 3.05) is 6.54 Å². The van der Waals surface area contributed by atoms with Crippen molar-refractivity contribution in [2.45, 2.75) is 36.1 Å². The quantitative estimate of drug-likeness (QED) is 0.915. The van der Waals surface area contributed by atoms with Crippen LogP contribution in [0, 0.1) is 0 Å². The molecule has 1 aromatic carbocycles. The normalized spacial score (nSPS) is 20.1. The van der Waals surface area contributed by atoms with Gasteiger partial charge in [0.15, 0.2) is 0 Å². The van der Waals surface area contributed by atoms with Crippen molar-refractivity contribution in [1.82, 2.24) is 15.1 Å². The molecule has 2 aliphatic heterocycles. The molecule has 0 amide bonds. The fourth-order valence-corrected chi connectivity index (χ4v) is 4.34. The van der Waals surface area contributed by atoms with E-state index in [4.69, 9.17) is 0 Å². The molecule has 0 spiro atoms. The van der Waals surface area contributed by atoms with Gasteiger partial charge in [0, 0.05) is 35.7 Å². The maximum atomic E-state index is 12.2. The third kappa shape index (κ3) is 2.51. The lowest BCUT2D eigenvalue weighted by atomic mass is 10.1. The van der Waals surface area contributed by atoms with Crippen LogP contribution in [0.5, 0.6) is 0 Å². The van der Waals surface area contributed by atoms with Crippen LogP contribution in [0.3, 0.4) is 0 Å². The van der Waals surface area contributed by atoms with E-state index in [0.29, 0.717) is 11.8 Å². The SMILES string of the molecule is O=c1cc2c(nn1CC1Cc3ccccc3S1)CCNC2. The predicted octanol–water partition coefficient (Wildman–Crippen LogP) is 1.61. The van der Waals surface area contributed by atoms with E-state index in [-0.39, 0.29) is 5.56 Å². The standard InChI is InChI=1S/C16H17N3OS/c20-16-8-12-9-17-6-5-14(12)18-19(16)10-13-7-11-3-1-2-4-15(11)21-13/h1-4,8,13,17H,5-7,9-10H2. The Labute approximate surface area is 127 Å². The van der Waals surface area contributed by atoms with Crippen LogP contribution in [0.1, 0.15) is 16.8 Å². The van der Waals surface area contributed by atoms with Crippen molar-refractivity contribution in [3.63, 3.8) is 0 Å². The van der Waals surface area contributed by atoms with Crippen LogP contribution in [0.25, 0.3) is 0 Å². The van der Waals surface area contributed by atoms with Gasteiger partial charge in [0.2, 0.25) is 0 Å². The summed E-state index contributed by atoms with van der Waals surface area (Å²) >= 11 is 1.87. The molecule has 0 saturated heterocycles. The summed E-state index contributed by atoms with van der Waals surface area (Å²) in [7, 11) is 0. The molecule has 4 nitrogen and oxygen atoms in total. The lowest BCUT2D eigenvalue weighted by molar-refractivity contribution is 0.524. The summed E-state index contributed by atoms with van der Waals surface area (Å²) < 4.78 is 1.66. The summed E-state index contributed by atoms with van der Waals surface area (Å²) in [6.45, 7) is 2.41. The number of hydrogen-bond donors (Lipinski definition) is 1. The van der Waals surface area contributed by atoms with Gasteiger partial charge in [-0.05, 0) is 23.6 Å². The van der Waals surface area contributed by atoms with E-state index in [0.717, 1.165) is 37.2 Å². The summed E-state index contributed by atoms with van der Waals surface area (Å²) in [5.74, 6) is 0. The van der Waals surface area contributed by atoms with Crippen molar-refractivity contribution in [3.05, 3.63) is 57.5 Å². The van der Waals surface area contributed by atoms with Crippen LogP contribution in [-0.4, -0.2) is 21.6 Å². The lowest BCUT2D eigenvalue weighted by Crippen LogP contribution is -2.33. The molecule has 4 rings (SSSR count). The van der Waals surface area contributed by atoms with E-state index in [1.807, 2.05) is 11.8 Å². The maximum absolute atomic E-state index is 12.2. The van der Waals surface area contributed by atoms with E-state index in [9.17, 15) is 4.79 Å². The van der Waals surface area contributed by atoms with Crippen LogP contribution in [0.15, 0.2) is 40.0 Å². The number of fused-ring (bicyclic) bond motifs is 2. The molecular weight excluding hydrogens is 282 g/mol.